The second kappa shape index (κ2) is 7.55. The lowest BCUT2D eigenvalue weighted by Gasteiger charge is -2.24. The van der Waals surface area contributed by atoms with E-state index in [-0.39, 0.29) is 39.4 Å². The van der Waals surface area contributed by atoms with Gasteiger partial charge in [0.2, 0.25) is 10.0 Å². The zero-order chi connectivity index (χ0) is 22.3. The molecule has 0 aliphatic heterocycles. The van der Waals surface area contributed by atoms with Crippen LogP contribution in [0.1, 0.15) is 45.7 Å². The Bertz CT molecular complexity index is 1320. The number of hydrogen-bond donors (Lipinski definition) is 2. The molecule has 0 unspecified atom stereocenters. The molecule has 0 bridgehead atoms. The molecule has 31 heavy (non-hydrogen) atoms. The molecule has 1 aliphatic carbocycles. The maximum Gasteiger partial charge on any atom is 0.235 e. The smallest absolute Gasteiger partial charge is 0.235 e. The first-order chi connectivity index (χ1) is 14.7. The first kappa shape index (κ1) is 20.6. The number of rotatable bonds is 5. The van der Waals surface area contributed by atoms with Crippen LogP contribution in [0.4, 0.5) is 11.4 Å². The molecule has 0 saturated heterocycles. The highest BCUT2D eigenvalue weighted by molar-refractivity contribution is 7.93. The number of para-hydroxylation sites is 1. The predicted molar refractivity (Wildman–Crippen MR) is 118 cm³/mol. The highest BCUT2D eigenvalue weighted by Crippen LogP contribution is 2.42. The lowest BCUT2D eigenvalue weighted by molar-refractivity contribution is 0.0980. The normalized spacial score (nSPS) is 13.0. The van der Waals surface area contributed by atoms with Gasteiger partial charge in [-0.05, 0) is 26.0 Å². The highest BCUT2D eigenvalue weighted by atomic mass is 32.2. The van der Waals surface area contributed by atoms with Crippen molar-refractivity contribution in [1.82, 2.24) is 0 Å². The highest BCUT2D eigenvalue weighted by Gasteiger charge is 2.36. The molecule has 0 radical (unpaired) electrons. The van der Waals surface area contributed by atoms with Crippen molar-refractivity contribution in [3.05, 3.63) is 82.9 Å². The lowest BCUT2D eigenvalue weighted by atomic mass is 9.82. The zero-order valence-corrected chi connectivity index (χ0v) is 17.7. The van der Waals surface area contributed by atoms with Gasteiger partial charge >= 0.3 is 0 Å². The molecule has 0 aromatic heterocycles. The van der Waals surface area contributed by atoms with Gasteiger partial charge in [0, 0.05) is 17.2 Å². The average molecular weight is 436 g/mol. The lowest BCUT2D eigenvalue weighted by Crippen LogP contribution is -2.28. The van der Waals surface area contributed by atoms with Crippen molar-refractivity contribution in [3.63, 3.8) is 0 Å². The minimum absolute atomic E-state index is 0.0285. The second-order valence-electron chi connectivity index (χ2n) is 7.40. The number of ether oxygens (including phenoxy) is 1. The van der Waals surface area contributed by atoms with Crippen molar-refractivity contribution in [2.24, 2.45) is 0 Å². The van der Waals surface area contributed by atoms with E-state index in [1.54, 1.807) is 42.5 Å². The Morgan fingerprint density at radius 3 is 2.00 bits per heavy atom. The molecule has 0 heterocycles. The van der Waals surface area contributed by atoms with E-state index in [1.165, 1.54) is 26.0 Å². The quantitative estimate of drug-likeness (QED) is 0.457. The summed E-state index contributed by atoms with van der Waals surface area (Å²) in [7, 11) is -3.82. The van der Waals surface area contributed by atoms with E-state index in [4.69, 9.17) is 10.5 Å². The van der Waals surface area contributed by atoms with Gasteiger partial charge in [0.05, 0.1) is 27.8 Å². The Morgan fingerprint density at radius 1 is 0.871 bits per heavy atom. The third kappa shape index (κ3) is 3.55. The van der Waals surface area contributed by atoms with Crippen molar-refractivity contribution in [1.29, 1.82) is 0 Å². The molecule has 0 amide bonds. The van der Waals surface area contributed by atoms with Gasteiger partial charge in [-0.15, -0.1) is 0 Å². The fraction of sp³-hybridized carbons (Fsp3) is 0.130. The second-order valence-corrected chi connectivity index (χ2v) is 9.64. The summed E-state index contributed by atoms with van der Waals surface area (Å²) in [5, 5.41) is -0.763. The monoisotopic (exact) mass is 436 g/mol. The average Bonchev–Trinajstić information content (AvgIpc) is 2.74. The topological polar surface area (TPSA) is 116 Å². The van der Waals surface area contributed by atoms with Gasteiger partial charge in [-0.2, -0.15) is 0 Å². The van der Waals surface area contributed by atoms with Crippen LogP contribution in [0.15, 0.2) is 60.7 Å². The Balaban J connectivity index is 1.96. The van der Waals surface area contributed by atoms with Gasteiger partial charge in [-0.25, -0.2) is 8.42 Å². The van der Waals surface area contributed by atoms with Crippen LogP contribution >= 0.6 is 0 Å². The fourth-order valence-corrected chi connectivity index (χ4v) is 4.05. The van der Waals surface area contributed by atoms with E-state index in [0.29, 0.717) is 5.75 Å². The number of sulfonamides is 1. The van der Waals surface area contributed by atoms with Crippen molar-refractivity contribution >= 4 is 33.0 Å². The summed E-state index contributed by atoms with van der Waals surface area (Å²) in [5.74, 6) is -0.426. The number of benzene rings is 3. The van der Waals surface area contributed by atoms with Crippen LogP contribution in [-0.2, 0) is 10.0 Å². The van der Waals surface area contributed by atoms with E-state index in [2.05, 4.69) is 4.72 Å². The van der Waals surface area contributed by atoms with Crippen LogP contribution < -0.4 is 15.2 Å². The van der Waals surface area contributed by atoms with Gasteiger partial charge in [0.25, 0.3) is 0 Å². The number of fused-ring (bicyclic) bond motifs is 2. The molecule has 0 spiro atoms. The van der Waals surface area contributed by atoms with Gasteiger partial charge in [-0.3, -0.25) is 14.3 Å². The maximum atomic E-state index is 13.3. The molecule has 3 aromatic carbocycles. The van der Waals surface area contributed by atoms with Gasteiger partial charge in [0.15, 0.2) is 17.3 Å². The Hall–Kier alpha value is -3.65. The van der Waals surface area contributed by atoms with Crippen molar-refractivity contribution < 1.29 is 22.7 Å². The number of nitrogen functional groups attached to an aromatic ring is 1. The minimum atomic E-state index is -3.82. The maximum absolute atomic E-state index is 13.3. The first-order valence-corrected chi connectivity index (χ1v) is 11.1. The molecular weight excluding hydrogens is 416 g/mol. The molecule has 3 aromatic rings. The van der Waals surface area contributed by atoms with Gasteiger partial charge in [0.1, 0.15) is 5.75 Å². The molecule has 0 atom stereocenters. The van der Waals surface area contributed by atoms with Gasteiger partial charge in [-0.1, -0.05) is 42.5 Å². The van der Waals surface area contributed by atoms with E-state index < -0.39 is 26.8 Å². The number of carbonyl (C=O) groups excluding carboxylic acids is 2. The molecule has 7 nitrogen and oxygen atoms in total. The summed E-state index contributed by atoms with van der Waals surface area (Å²) >= 11 is 0. The van der Waals surface area contributed by atoms with E-state index >= 15 is 0 Å². The van der Waals surface area contributed by atoms with Crippen LogP contribution in [0, 0.1) is 0 Å². The molecular formula is C23H20N2O5S. The van der Waals surface area contributed by atoms with Crippen molar-refractivity contribution in [2.75, 3.05) is 10.5 Å². The van der Waals surface area contributed by atoms with Crippen LogP contribution in [0.2, 0.25) is 0 Å². The van der Waals surface area contributed by atoms with Gasteiger partial charge < -0.3 is 10.5 Å². The van der Waals surface area contributed by atoms with Crippen LogP contribution in [0.3, 0.4) is 0 Å². The largest absolute Gasteiger partial charge is 0.455 e. The van der Waals surface area contributed by atoms with E-state index in [0.717, 1.165) is 0 Å². The summed E-state index contributed by atoms with van der Waals surface area (Å²) in [6.45, 7) is 3.02. The van der Waals surface area contributed by atoms with Crippen LogP contribution in [0.5, 0.6) is 11.5 Å². The molecule has 8 heteroatoms. The fourth-order valence-electron chi connectivity index (χ4n) is 3.35. The molecule has 1 aliphatic rings. The number of ketones is 2. The minimum Gasteiger partial charge on any atom is -0.455 e. The third-order valence-corrected chi connectivity index (χ3v) is 6.79. The number of carbonyl (C=O) groups is 2. The van der Waals surface area contributed by atoms with E-state index in [1.807, 2.05) is 6.07 Å². The van der Waals surface area contributed by atoms with Crippen LogP contribution in [-0.4, -0.2) is 25.2 Å². The summed E-state index contributed by atoms with van der Waals surface area (Å²) in [5.41, 5.74) is 6.46. The van der Waals surface area contributed by atoms with Crippen LogP contribution in [0.25, 0.3) is 0 Å². The Kier molecular flexibility index (Phi) is 5.02. The molecule has 4 rings (SSSR count). The standard InChI is InChI=1S/C23H20N2O5S/c1-13(2)31(28,29)25-17-12-18(30-14-8-4-3-5-9-14)21(24)20-19(17)22(26)15-10-6-7-11-16(15)23(20)27/h3-13,25H,24H2,1-2H3. The van der Waals surface area contributed by atoms with Crippen molar-refractivity contribution in [3.8, 4) is 11.5 Å². The number of nitrogens with two attached hydrogens (primary N) is 1. The number of nitrogens with one attached hydrogen (secondary N) is 1. The molecule has 0 fully saturated rings. The summed E-state index contributed by atoms with van der Waals surface area (Å²) in [6.07, 6.45) is 0. The zero-order valence-electron chi connectivity index (χ0n) is 16.9. The molecule has 3 N–H and O–H groups in total. The van der Waals surface area contributed by atoms with Crippen molar-refractivity contribution in [2.45, 2.75) is 19.1 Å². The van der Waals surface area contributed by atoms with E-state index in [9.17, 15) is 18.0 Å². The predicted octanol–water partition coefficient (Wildman–Crippen LogP) is 3.99. The summed E-state index contributed by atoms with van der Waals surface area (Å²) < 4.78 is 33.5. The third-order valence-electron chi connectivity index (χ3n) is 5.04. The molecule has 0 saturated carbocycles. The first-order valence-electron chi connectivity index (χ1n) is 9.60. The Labute approximate surface area is 179 Å². The summed E-state index contributed by atoms with van der Waals surface area (Å²) in [6, 6.07) is 16.4. The SMILES string of the molecule is CC(C)S(=O)(=O)Nc1cc(Oc2ccccc2)c(N)c2c1C(=O)c1ccccc1C2=O. The Morgan fingerprint density at radius 2 is 1.42 bits per heavy atom. The molecule has 158 valence electrons. The number of anilines is 2. The number of hydrogen-bond acceptors (Lipinski definition) is 6. The summed E-state index contributed by atoms with van der Waals surface area (Å²) in [4.78, 5) is 26.5.